The average Bonchev–Trinajstić information content (AvgIpc) is 1.82. The topological polar surface area (TPSA) is 101 Å². The van der Waals surface area contributed by atoms with Gasteiger partial charge in [-0.2, -0.15) is 0 Å². The van der Waals surface area contributed by atoms with E-state index >= 15 is 0 Å². The molecule has 0 saturated carbocycles. The number of carboxylic acids is 2. The molecule has 67 valence electrons. The molecule has 0 amide bonds. The van der Waals surface area contributed by atoms with E-state index in [-0.39, 0.29) is 49.4 Å². The molecule has 0 aliphatic heterocycles. The quantitative estimate of drug-likeness (QED) is 0.587. The van der Waals surface area contributed by atoms with Gasteiger partial charge in [0.1, 0.15) is 6.04 Å². The van der Waals surface area contributed by atoms with Gasteiger partial charge in [-0.3, -0.25) is 9.59 Å². The molecule has 1 atom stereocenters. The Morgan fingerprint density at radius 3 is 2.00 bits per heavy atom. The second kappa shape index (κ2) is 9.13. The number of hydrogen-bond donors (Lipinski definition) is 3. The van der Waals surface area contributed by atoms with Gasteiger partial charge in [-0.15, -0.1) is 0 Å². The minimum absolute atomic E-state index is 0. The molecular formula is C5H9CuNO4Zn+4. The van der Waals surface area contributed by atoms with E-state index < -0.39 is 18.0 Å². The summed E-state index contributed by atoms with van der Waals surface area (Å²) in [5, 5.41) is 16.3. The normalized spacial score (nSPS) is 10.4. The summed E-state index contributed by atoms with van der Waals surface area (Å²) in [6.07, 6.45) is -0.224. The van der Waals surface area contributed by atoms with Gasteiger partial charge < -0.3 is 15.9 Å². The summed E-state index contributed by atoms with van der Waals surface area (Å²) in [6, 6.07) is -1.06. The van der Waals surface area contributed by atoms with Crippen LogP contribution in [0, 0.1) is 0 Å². The molecule has 0 aliphatic rings. The van der Waals surface area contributed by atoms with Gasteiger partial charge in [0.05, 0.1) is 0 Å². The third kappa shape index (κ3) is 10.0. The Hall–Kier alpha value is 0.0429. The van der Waals surface area contributed by atoms with Crippen molar-refractivity contribution >= 4 is 11.9 Å². The first-order valence-electron chi connectivity index (χ1n) is 2.74. The molecule has 0 aromatic carbocycles. The Labute approximate surface area is 92.9 Å². The fourth-order valence-corrected chi connectivity index (χ4v) is 0.402. The van der Waals surface area contributed by atoms with Crippen molar-refractivity contribution in [3.63, 3.8) is 0 Å². The van der Waals surface area contributed by atoms with Gasteiger partial charge in [0.25, 0.3) is 0 Å². The van der Waals surface area contributed by atoms with Crippen molar-refractivity contribution < 1.29 is 56.3 Å². The Morgan fingerprint density at radius 2 is 1.75 bits per heavy atom. The van der Waals surface area contributed by atoms with E-state index in [1.54, 1.807) is 0 Å². The minimum atomic E-state index is -1.17. The number of hydrogen-bond acceptors (Lipinski definition) is 3. The first-order valence-corrected chi connectivity index (χ1v) is 2.74. The third-order valence-corrected chi connectivity index (χ3v) is 0.986. The van der Waals surface area contributed by atoms with Crippen LogP contribution in [0.5, 0.6) is 0 Å². The van der Waals surface area contributed by atoms with Crippen molar-refractivity contribution in [3.05, 3.63) is 0 Å². The standard InChI is InChI=1S/C5H9NO4.Cu.Zn/c6-3(5(9)10)1-2-4(7)8;;/h3H,1-2,6H2,(H,7,8)(H,9,10);;/q;2*+2. The van der Waals surface area contributed by atoms with E-state index in [9.17, 15) is 9.59 Å². The van der Waals surface area contributed by atoms with Crippen LogP contribution in [0.2, 0.25) is 0 Å². The van der Waals surface area contributed by atoms with Crippen molar-refractivity contribution in [2.45, 2.75) is 18.9 Å². The van der Waals surface area contributed by atoms with Crippen LogP contribution in [0.4, 0.5) is 0 Å². The molecule has 1 radical (unpaired) electrons. The molecule has 5 nitrogen and oxygen atoms in total. The minimum Gasteiger partial charge on any atom is -0.481 e. The Morgan fingerprint density at radius 1 is 1.33 bits per heavy atom. The first-order chi connectivity index (χ1) is 4.54. The van der Waals surface area contributed by atoms with Crippen LogP contribution < -0.4 is 5.73 Å². The van der Waals surface area contributed by atoms with E-state index in [1.807, 2.05) is 0 Å². The number of nitrogens with two attached hydrogens (primary N) is 1. The van der Waals surface area contributed by atoms with Crippen molar-refractivity contribution in [2.75, 3.05) is 0 Å². The summed E-state index contributed by atoms with van der Waals surface area (Å²) in [5.41, 5.74) is 5.00. The predicted octanol–water partition coefficient (Wildman–Crippen LogP) is -0.742. The maximum absolute atomic E-state index is 9.99. The SMILES string of the molecule is NC(CCC(=O)O)C(=O)O.[Cu+2].[Zn+2]. The molecule has 0 rings (SSSR count). The number of rotatable bonds is 4. The first kappa shape index (κ1) is 18.0. The zero-order valence-electron chi connectivity index (χ0n) is 6.29. The van der Waals surface area contributed by atoms with Gasteiger partial charge in [-0.05, 0) is 6.42 Å². The summed E-state index contributed by atoms with van der Waals surface area (Å²) in [5.74, 6) is -2.20. The van der Waals surface area contributed by atoms with Gasteiger partial charge in [0, 0.05) is 6.42 Å². The molecule has 0 saturated heterocycles. The van der Waals surface area contributed by atoms with Gasteiger partial charge in [-0.1, -0.05) is 0 Å². The summed E-state index contributed by atoms with van der Waals surface area (Å²) in [6.45, 7) is 0. The maximum atomic E-state index is 9.99. The predicted molar refractivity (Wildman–Crippen MR) is 32.5 cm³/mol. The Kier molecular flexibility index (Phi) is 13.7. The molecule has 0 aliphatic carbocycles. The van der Waals surface area contributed by atoms with E-state index in [0.29, 0.717) is 0 Å². The largest absolute Gasteiger partial charge is 2.00 e. The maximum Gasteiger partial charge on any atom is 2.00 e. The monoisotopic (exact) mass is 274 g/mol. The molecule has 0 aromatic heterocycles. The zero-order valence-corrected chi connectivity index (χ0v) is 10.2. The van der Waals surface area contributed by atoms with Gasteiger partial charge >= 0.3 is 48.5 Å². The van der Waals surface area contributed by atoms with Crippen LogP contribution in [0.1, 0.15) is 12.8 Å². The van der Waals surface area contributed by atoms with Crippen molar-refractivity contribution in [3.8, 4) is 0 Å². The molecule has 0 spiro atoms. The summed E-state index contributed by atoms with van der Waals surface area (Å²) >= 11 is 0. The Balaban J connectivity index is -0.000000405. The van der Waals surface area contributed by atoms with Crippen LogP contribution in [0.15, 0.2) is 0 Å². The van der Waals surface area contributed by atoms with Crippen LogP contribution >= 0.6 is 0 Å². The zero-order chi connectivity index (χ0) is 8.15. The van der Waals surface area contributed by atoms with E-state index in [0.717, 1.165) is 0 Å². The number of carboxylic acid groups (broad SMARTS) is 2. The molecule has 1 unspecified atom stereocenters. The summed E-state index contributed by atoms with van der Waals surface area (Å²) in [7, 11) is 0. The van der Waals surface area contributed by atoms with Crippen molar-refractivity contribution in [1.82, 2.24) is 0 Å². The fraction of sp³-hybridized carbons (Fsp3) is 0.600. The summed E-state index contributed by atoms with van der Waals surface area (Å²) in [4.78, 5) is 19.9. The molecule has 12 heavy (non-hydrogen) atoms. The van der Waals surface area contributed by atoms with Crippen molar-refractivity contribution in [1.29, 1.82) is 0 Å². The van der Waals surface area contributed by atoms with Gasteiger partial charge in [-0.25, -0.2) is 0 Å². The molecular weight excluding hydrogens is 267 g/mol. The second-order valence-corrected chi connectivity index (χ2v) is 1.88. The molecule has 4 N–H and O–H groups in total. The molecule has 0 heterocycles. The van der Waals surface area contributed by atoms with Gasteiger partial charge in [0.15, 0.2) is 0 Å². The summed E-state index contributed by atoms with van der Waals surface area (Å²) < 4.78 is 0. The van der Waals surface area contributed by atoms with E-state index in [2.05, 4.69) is 0 Å². The molecule has 0 bridgehead atoms. The fourth-order valence-electron chi connectivity index (χ4n) is 0.402. The smallest absolute Gasteiger partial charge is 0.481 e. The molecule has 7 heteroatoms. The van der Waals surface area contributed by atoms with E-state index in [1.165, 1.54) is 0 Å². The van der Waals surface area contributed by atoms with Gasteiger partial charge in [0.2, 0.25) is 0 Å². The number of carbonyl (C=O) groups is 2. The molecule has 0 fully saturated rings. The molecule has 0 aromatic rings. The number of aliphatic carboxylic acids is 2. The second-order valence-electron chi connectivity index (χ2n) is 1.88. The average molecular weight is 276 g/mol. The van der Waals surface area contributed by atoms with Crippen LogP contribution in [0.3, 0.4) is 0 Å². The van der Waals surface area contributed by atoms with Crippen molar-refractivity contribution in [2.24, 2.45) is 5.73 Å². The Bertz CT molecular complexity index is 154. The third-order valence-electron chi connectivity index (χ3n) is 0.986. The van der Waals surface area contributed by atoms with Crippen LogP contribution in [-0.4, -0.2) is 28.2 Å². The van der Waals surface area contributed by atoms with E-state index in [4.69, 9.17) is 15.9 Å². The van der Waals surface area contributed by atoms with Crippen LogP contribution in [-0.2, 0) is 46.1 Å². The van der Waals surface area contributed by atoms with Crippen LogP contribution in [0.25, 0.3) is 0 Å².